The van der Waals surface area contributed by atoms with Crippen LogP contribution in [0.5, 0.6) is 0 Å². The molecule has 0 saturated heterocycles. The third-order valence-electron chi connectivity index (χ3n) is 2.28. The Labute approximate surface area is 90.4 Å². The second-order valence-electron chi connectivity index (χ2n) is 3.84. The highest BCUT2D eigenvalue weighted by Gasteiger charge is 2.30. The van der Waals surface area contributed by atoms with Crippen LogP contribution in [0.25, 0.3) is 0 Å². The third-order valence-corrected chi connectivity index (χ3v) is 3.47. The minimum absolute atomic E-state index is 0.495. The van der Waals surface area contributed by atoms with Gasteiger partial charge in [0, 0.05) is 0 Å². The number of carboxylic acids is 1. The number of nitrogens with two attached hydrogens (primary N) is 1. The maximum Gasteiger partial charge on any atom is 0.323 e. The Morgan fingerprint density at radius 3 is 2.50 bits per heavy atom. The van der Waals surface area contributed by atoms with Gasteiger partial charge in [-0.1, -0.05) is 20.8 Å². The van der Waals surface area contributed by atoms with Crippen LogP contribution in [0.2, 0.25) is 0 Å². The van der Waals surface area contributed by atoms with Crippen molar-refractivity contribution in [2.45, 2.75) is 50.8 Å². The van der Waals surface area contributed by atoms with Crippen molar-refractivity contribution in [1.29, 1.82) is 0 Å². The number of rotatable bonds is 7. The first-order chi connectivity index (χ1) is 6.42. The van der Waals surface area contributed by atoms with Gasteiger partial charge >= 0.3 is 5.97 Å². The maximum absolute atomic E-state index is 10.8. The molecule has 0 aliphatic carbocycles. The van der Waals surface area contributed by atoms with Gasteiger partial charge in [-0.05, 0) is 30.3 Å². The molecule has 0 aromatic heterocycles. The van der Waals surface area contributed by atoms with Gasteiger partial charge in [0.15, 0.2) is 0 Å². The number of hydrogen-bond acceptors (Lipinski definition) is 3. The lowest BCUT2D eigenvalue weighted by Gasteiger charge is -2.22. The zero-order chi connectivity index (χ0) is 11.2. The molecule has 0 spiro atoms. The standard InChI is InChI=1S/C10H21NO2S/c1-4-10(11,9(12)13)6-5-7-14-8(2)3/h8H,4-7,11H2,1-3H3,(H,12,13). The monoisotopic (exact) mass is 219 g/mol. The van der Waals surface area contributed by atoms with Crippen molar-refractivity contribution in [2.24, 2.45) is 5.73 Å². The van der Waals surface area contributed by atoms with Crippen LogP contribution in [0.15, 0.2) is 0 Å². The van der Waals surface area contributed by atoms with E-state index in [2.05, 4.69) is 13.8 Å². The van der Waals surface area contributed by atoms with Gasteiger partial charge in [0.1, 0.15) is 5.54 Å². The van der Waals surface area contributed by atoms with Crippen LogP contribution in [0.1, 0.15) is 40.0 Å². The summed E-state index contributed by atoms with van der Waals surface area (Å²) in [4.78, 5) is 10.8. The highest BCUT2D eigenvalue weighted by Crippen LogP contribution is 2.18. The van der Waals surface area contributed by atoms with Gasteiger partial charge in [-0.3, -0.25) is 4.79 Å². The van der Waals surface area contributed by atoms with Crippen molar-refractivity contribution in [2.75, 3.05) is 5.75 Å². The molecule has 3 nitrogen and oxygen atoms in total. The van der Waals surface area contributed by atoms with Crippen LogP contribution in [0, 0.1) is 0 Å². The van der Waals surface area contributed by atoms with Crippen molar-refractivity contribution in [1.82, 2.24) is 0 Å². The largest absolute Gasteiger partial charge is 0.480 e. The molecule has 0 rings (SSSR count). The van der Waals surface area contributed by atoms with Gasteiger partial charge < -0.3 is 10.8 Å². The highest BCUT2D eigenvalue weighted by molar-refractivity contribution is 7.99. The lowest BCUT2D eigenvalue weighted by molar-refractivity contribution is -0.143. The molecular weight excluding hydrogens is 198 g/mol. The molecule has 0 radical (unpaired) electrons. The van der Waals surface area contributed by atoms with Gasteiger partial charge in [0.05, 0.1) is 0 Å². The first-order valence-corrected chi connectivity index (χ1v) is 6.11. The van der Waals surface area contributed by atoms with E-state index in [-0.39, 0.29) is 0 Å². The first kappa shape index (κ1) is 13.8. The lowest BCUT2D eigenvalue weighted by atomic mass is 9.92. The molecule has 0 saturated carbocycles. The van der Waals surface area contributed by atoms with E-state index in [1.165, 1.54) is 0 Å². The second kappa shape index (κ2) is 6.30. The Morgan fingerprint density at radius 2 is 2.14 bits per heavy atom. The van der Waals surface area contributed by atoms with Gasteiger partial charge in [-0.25, -0.2) is 0 Å². The maximum atomic E-state index is 10.8. The molecule has 0 bridgehead atoms. The normalized spacial score (nSPS) is 15.5. The van der Waals surface area contributed by atoms with E-state index in [9.17, 15) is 4.79 Å². The Balaban J connectivity index is 3.79. The molecule has 1 unspecified atom stereocenters. The molecule has 1 atom stereocenters. The smallest absolute Gasteiger partial charge is 0.323 e. The number of hydrogen-bond donors (Lipinski definition) is 2. The number of carboxylic acid groups (broad SMARTS) is 1. The van der Waals surface area contributed by atoms with Crippen molar-refractivity contribution in [3.05, 3.63) is 0 Å². The van der Waals surface area contributed by atoms with Gasteiger partial charge in [-0.15, -0.1) is 0 Å². The van der Waals surface area contributed by atoms with E-state index >= 15 is 0 Å². The number of carbonyl (C=O) groups is 1. The number of aliphatic carboxylic acids is 1. The summed E-state index contributed by atoms with van der Waals surface area (Å²) in [5.74, 6) is 0.110. The SMILES string of the molecule is CCC(N)(CCCSC(C)C)C(=O)O. The van der Waals surface area contributed by atoms with E-state index in [0.29, 0.717) is 18.1 Å². The van der Waals surface area contributed by atoms with Crippen LogP contribution < -0.4 is 5.73 Å². The minimum atomic E-state index is -1.02. The van der Waals surface area contributed by atoms with Crippen molar-refractivity contribution >= 4 is 17.7 Å². The van der Waals surface area contributed by atoms with E-state index in [4.69, 9.17) is 10.8 Å². The zero-order valence-corrected chi connectivity index (χ0v) is 10.1. The Morgan fingerprint density at radius 1 is 1.57 bits per heavy atom. The van der Waals surface area contributed by atoms with Crippen LogP contribution in [0.3, 0.4) is 0 Å². The minimum Gasteiger partial charge on any atom is -0.480 e. The average molecular weight is 219 g/mol. The molecule has 4 heteroatoms. The summed E-state index contributed by atoms with van der Waals surface area (Å²) >= 11 is 1.85. The molecule has 0 aliphatic heterocycles. The Bertz CT molecular complexity index is 185. The second-order valence-corrected chi connectivity index (χ2v) is 5.52. The van der Waals surface area contributed by atoms with E-state index in [0.717, 1.165) is 12.2 Å². The summed E-state index contributed by atoms with van der Waals surface area (Å²) in [5.41, 5.74) is 4.73. The predicted octanol–water partition coefficient (Wildman–Crippen LogP) is 2.10. The zero-order valence-electron chi connectivity index (χ0n) is 9.25. The van der Waals surface area contributed by atoms with Crippen molar-refractivity contribution in [3.63, 3.8) is 0 Å². The van der Waals surface area contributed by atoms with Crippen LogP contribution in [0.4, 0.5) is 0 Å². The topological polar surface area (TPSA) is 63.3 Å². The van der Waals surface area contributed by atoms with E-state index in [1.54, 1.807) is 0 Å². The third kappa shape index (κ3) is 4.86. The van der Waals surface area contributed by atoms with E-state index in [1.807, 2.05) is 18.7 Å². The van der Waals surface area contributed by atoms with Crippen molar-refractivity contribution in [3.8, 4) is 0 Å². The fraction of sp³-hybridized carbons (Fsp3) is 0.900. The molecule has 3 N–H and O–H groups in total. The summed E-state index contributed by atoms with van der Waals surface area (Å²) in [6.07, 6.45) is 1.94. The van der Waals surface area contributed by atoms with Gasteiger partial charge in [0.25, 0.3) is 0 Å². The van der Waals surface area contributed by atoms with E-state index < -0.39 is 11.5 Å². The summed E-state index contributed by atoms with van der Waals surface area (Å²) in [6, 6.07) is 0. The Kier molecular flexibility index (Phi) is 6.20. The molecule has 0 aliphatic rings. The quantitative estimate of drug-likeness (QED) is 0.644. The molecule has 0 amide bonds. The summed E-state index contributed by atoms with van der Waals surface area (Å²) < 4.78 is 0. The average Bonchev–Trinajstić information content (AvgIpc) is 2.11. The van der Waals surface area contributed by atoms with Crippen LogP contribution in [-0.2, 0) is 4.79 Å². The molecule has 0 aromatic carbocycles. The predicted molar refractivity (Wildman–Crippen MR) is 61.7 cm³/mol. The molecule has 14 heavy (non-hydrogen) atoms. The summed E-state index contributed by atoms with van der Waals surface area (Å²) in [6.45, 7) is 6.10. The summed E-state index contributed by atoms with van der Waals surface area (Å²) in [5, 5.41) is 9.51. The van der Waals surface area contributed by atoms with Gasteiger partial charge in [-0.2, -0.15) is 11.8 Å². The molecular formula is C10H21NO2S. The molecule has 0 fully saturated rings. The highest BCUT2D eigenvalue weighted by atomic mass is 32.2. The lowest BCUT2D eigenvalue weighted by Crippen LogP contribution is -2.47. The van der Waals surface area contributed by atoms with Crippen LogP contribution >= 0.6 is 11.8 Å². The van der Waals surface area contributed by atoms with Crippen LogP contribution in [-0.4, -0.2) is 27.6 Å². The molecule has 84 valence electrons. The fourth-order valence-electron chi connectivity index (χ4n) is 1.14. The first-order valence-electron chi connectivity index (χ1n) is 5.06. The van der Waals surface area contributed by atoms with Crippen molar-refractivity contribution < 1.29 is 9.90 Å². The fourth-order valence-corrected chi connectivity index (χ4v) is 1.92. The molecule has 0 aromatic rings. The Hall–Kier alpha value is -0.220. The summed E-state index contributed by atoms with van der Waals surface area (Å²) in [7, 11) is 0. The van der Waals surface area contributed by atoms with Gasteiger partial charge in [0.2, 0.25) is 0 Å². The number of thioether (sulfide) groups is 1. The molecule has 0 heterocycles.